The highest BCUT2D eigenvalue weighted by Gasteiger charge is 2.35. The summed E-state index contributed by atoms with van der Waals surface area (Å²) < 4.78 is 10.4. The van der Waals surface area contributed by atoms with Crippen LogP contribution < -0.4 is 9.47 Å². The largest absolute Gasteiger partial charge is 0.493 e. The molecule has 7 heteroatoms. The monoisotopic (exact) mass is 292 g/mol. The van der Waals surface area contributed by atoms with Gasteiger partial charge in [0.25, 0.3) is 0 Å². The molecule has 0 unspecified atom stereocenters. The number of hydrogen-bond acceptors (Lipinski definition) is 7. The van der Waals surface area contributed by atoms with Crippen molar-refractivity contribution in [1.29, 1.82) is 10.5 Å². The van der Waals surface area contributed by atoms with Crippen LogP contribution in [0.4, 0.5) is 0 Å². The van der Waals surface area contributed by atoms with Gasteiger partial charge in [-0.25, -0.2) is 9.97 Å². The predicted octanol–water partition coefficient (Wildman–Crippen LogP) is 1.45. The molecule has 0 aliphatic heterocycles. The van der Waals surface area contributed by atoms with Gasteiger partial charge in [-0.3, -0.25) is 4.79 Å². The summed E-state index contributed by atoms with van der Waals surface area (Å²) in [7, 11) is 2.89. The van der Waals surface area contributed by atoms with Gasteiger partial charge in [-0.05, 0) is 12.1 Å². The molecule has 0 atom stereocenters. The molecule has 0 saturated carbocycles. The Bertz CT molecular complexity index is 906. The number of nitrogens with zero attached hydrogens (tertiary/aromatic N) is 4. The topological polar surface area (TPSA) is 109 Å². The Morgan fingerprint density at radius 1 is 1.00 bits per heavy atom. The van der Waals surface area contributed by atoms with E-state index >= 15 is 0 Å². The number of ketones is 1. The number of fused-ring (bicyclic) bond motifs is 3. The summed E-state index contributed by atoms with van der Waals surface area (Å²) in [5.41, 5.74) is 0.806. The van der Waals surface area contributed by atoms with Crippen molar-refractivity contribution < 1.29 is 14.3 Å². The molecule has 2 aromatic rings. The third-order valence-electron chi connectivity index (χ3n) is 3.35. The fourth-order valence-corrected chi connectivity index (χ4v) is 2.41. The number of hydrogen-bond donors (Lipinski definition) is 0. The lowest BCUT2D eigenvalue weighted by Crippen LogP contribution is -2.05. The van der Waals surface area contributed by atoms with Crippen LogP contribution in [0.3, 0.4) is 0 Å². The molecule has 1 aliphatic carbocycles. The molecule has 0 saturated heterocycles. The van der Waals surface area contributed by atoms with Crippen molar-refractivity contribution in [3.63, 3.8) is 0 Å². The van der Waals surface area contributed by atoms with Gasteiger partial charge in [-0.15, -0.1) is 0 Å². The summed E-state index contributed by atoms with van der Waals surface area (Å²) in [4.78, 5) is 20.7. The third-order valence-corrected chi connectivity index (χ3v) is 3.35. The van der Waals surface area contributed by atoms with Crippen LogP contribution in [0.15, 0.2) is 12.1 Å². The average molecular weight is 292 g/mol. The van der Waals surface area contributed by atoms with E-state index in [1.807, 2.05) is 6.07 Å². The number of benzene rings is 1. The number of carbonyl (C=O) groups excluding carboxylic acids is 1. The zero-order chi connectivity index (χ0) is 15.9. The Hall–Kier alpha value is -3.45. The summed E-state index contributed by atoms with van der Waals surface area (Å²) >= 11 is 0. The number of carbonyl (C=O) groups is 1. The fraction of sp³-hybridized carbons (Fsp3) is 0.133. The molecule has 1 aliphatic rings. The number of ether oxygens (including phenoxy) is 2. The molecule has 0 fully saturated rings. The summed E-state index contributed by atoms with van der Waals surface area (Å²) in [5, 5.41) is 18.1. The molecule has 1 aromatic carbocycles. The Labute approximate surface area is 125 Å². The van der Waals surface area contributed by atoms with E-state index in [-0.39, 0.29) is 34.1 Å². The van der Waals surface area contributed by atoms with Gasteiger partial charge in [0.05, 0.1) is 19.8 Å². The highest BCUT2D eigenvalue weighted by Crippen LogP contribution is 2.44. The molecule has 0 radical (unpaired) electrons. The first-order valence-electron chi connectivity index (χ1n) is 6.18. The summed E-state index contributed by atoms with van der Waals surface area (Å²) in [5.74, 6) is 0.277. The normalized spacial score (nSPS) is 11.2. The second kappa shape index (κ2) is 4.83. The van der Waals surface area contributed by atoms with Crippen molar-refractivity contribution in [1.82, 2.24) is 9.97 Å². The van der Waals surface area contributed by atoms with Crippen molar-refractivity contribution >= 4 is 5.78 Å². The van der Waals surface area contributed by atoms with Crippen molar-refractivity contribution in [2.75, 3.05) is 14.2 Å². The second-order valence-electron chi connectivity index (χ2n) is 4.39. The molecule has 22 heavy (non-hydrogen) atoms. The van der Waals surface area contributed by atoms with Crippen LogP contribution in [0.1, 0.15) is 27.4 Å². The molecule has 0 bridgehead atoms. The van der Waals surface area contributed by atoms with Gasteiger partial charge in [0.2, 0.25) is 5.78 Å². The number of aromatic nitrogens is 2. The molecule has 3 rings (SSSR count). The van der Waals surface area contributed by atoms with Crippen LogP contribution in [0.2, 0.25) is 0 Å². The molecule has 106 valence electrons. The van der Waals surface area contributed by atoms with E-state index < -0.39 is 5.78 Å². The molecule has 0 N–H and O–H groups in total. The predicted molar refractivity (Wildman–Crippen MR) is 73.4 cm³/mol. The Balaban J connectivity index is 2.35. The first-order chi connectivity index (χ1) is 10.7. The quantitative estimate of drug-likeness (QED) is 0.703. The van der Waals surface area contributed by atoms with E-state index in [1.54, 1.807) is 18.2 Å². The molecular formula is C15H8N4O3. The number of nitriles is 2. The van der Waals surface area contributed by atoms with Gasteiger partial charge in [-0.2, -0.15) is 10.5 Å². The minimum Gasteiger partial charge on any atom is -0.493 e. The van der Waals surface area contributed by atoms with E-state index in [2.05, 4.69) is 9.97 Å². The van der Waals surface area contributed by atoms with Crippen LogP contribution >= 0.6 is 0 Å². The molecule has 0 amide bonds. The first kappa shape index (κ1) is 13.5. The summed E-state index contributed by atoms with van der Waals surface area (Å²) in [6.45, 7) is 0. The Kier molecular flexibility index (Phi) is 2.97. The molecule has 7 nitrogen and oxygen atoms in total. The van der Waals surface area contributed by atoms with E-state index in [4.69, 9.17) is 20.0 Å². The Morgan fingerprint density at radius 3 is 2.18 bits per heavy atom. The van der Waals surface area contributed by atoms with Gasteiger partial charge < -0.3 is 9.47 Å². The van der Waals surface area contributed by atoms with Crippen LogP contribution in [0.5, 0.6) is 11.5 Å². The van der Waals surface area contributed by atoms with Gasteiger partial charge in [0.1, 0.15) is 23.5 Å². The minimum atomic E-state index is -0.408. The van der Waals surface area contributed by atoms with Gasteiger partial charge in [0.15, 0.2) is 22.9 Å². The van der Waals surface area contributed by atoms with Crippen LogP contribution in [0.25, 0.3) is 11.3 Å². The highest BCUT2D eigenvalue weighted by molar-refractivity contribution is 6.21. The molecular weight excluding hydrogens is 284 g/mol. The summed E-state index contributed by atoms with van der Waals surface area (Å²) in [6, 6.07) is 6.88. The van der Waals surface area contributed by atoms with Gasteiger partial charge >= 0.3 is 0 Å². The smallest absolute Gasteiger partial charge is 0.218 e. The van der Waals surface area contributed by atoms with Gasteiger partial charge in [0, 0.05) is 5.56 Å². The van der Waals surface area contributed by atoms with E-state index in [9.17, 15) is 4.79 Å². The molecule has 0 spiro atoms. The zero-order valence-corrected chi connectivity index (χ0v) is 11.7. The van der Waals surface area contributed by atoms with Crippen molar-refractivity contribution in [2.24, 2.45) is 0 Å². The number of rotatable bonds is 2. The lowest BCUT2D eigenvalue weighted by molar-refractivity contribution is 0.103. The number of methoxy groups -OCH3 is 2. The maximum atomic E-state index is 12.6. The van der Waals surface area contributed by atoms with E-state index in [1.165, 1.54) is 14.2 Å². The SMILES string of the molecule is COc1ccc2c(c1OC)C(=O)c1nc(C#N)c(C#N)nc1-2. The van der Waals surface area contributed by atoms with Crippen LogP contribution in [-0.2, 0) is 0 Å². The van der Waals surface area contributed by atoms with Crippen molar-refractivity contribution in [3.8, 4) is 34.9 Å². The highest BCUT2D eigenvalue weighted by atomic mass is 16.5. The molecule has 1 aromatic heterocycles. The van der Waals surface area contributed by atoms with Crippen molar-refractivity contribution in [2.45, 2.75) is 0 Å². The maximum absolute atomic E-state index is 12.6. The van der Waals surface area contributed by atoms with Crippen molar-refractivity contribution in [3.05, 3.63) is 34.8 Å². The van der Waals surface area contributed by atoms with E-state index in [0.29, 0.717) is 11.3 Å². The second-order valence-corrected chi connectivity index (χ2v) is 4.39. The van der Waals surface area contributed by atoms with Gasteiger partial charge in [-0.1, -0.05) is 0 Å². The fourth-order valence-electron chi connectivity index (χ4n) is 2.41. The lowest BCUT2D eigenvalue weighted by atomic mass is 10.1. The Morgan fingerprint density at radius 2 is 1.64 bits per heavy atom. The maximum Gasteiger partial charge on any atom is 0.218 e. The minimum absolute atomic E-state index is 0.0390. The molecule has 1 heterocycles. The first-order valence-corrected chi connectivity index (χ1v) is 6.18. The third kappa shape index (κ3) is 1.63. The van der Waals surface area contributed by atoms with Crippen LogP contribution in [0, 0.1) is 22.7 Å². The standard InChI is InChI=1S/C15H8N4O3/c1-21-10-4-3-7-11(15(10)22-2)14(20)13-12(7)18-8(5-16)9(6-17)19-13/h3-4H,1-2H3. The van der Waals surface area contributed by atoms with E-state index in [0.717, 1.165) is 0 Å². The zero-order valence-electron chi connectivity index (χ0n) is 11.7. The summed E-state index contributed by atoms with van der Waals surface area (Å²) in [6.07, 6.45) is 0. The average Bonchev–Trinajstić information content (AvgIpc) is 2.84. The van der Waals surface area contributed by atoms with Crippen LogP contribution in [-0.4, -0.2) is 30.0 Å². The lowest BCUT2D eigenvalue weighted by Gasteiger charge is -2.10.